The highest BCUT2D eigenvalue weighted by Crippen LogP contribution is 2.48. The van der Waals surface area contributed by atoms with E-state index in [9.17, 15) is 36.0 Å². The summed E-state index contributed by atoms with van der Waals surface area (Å²) in [5, 5.41) is 6.25. The third kappa shape index (κ3) is 10.5. The SMILES string of the molecule is COc1ccc2c(O[C@@H]3C[C@H]4C(=O)N[C@]5(C(=O)NS(=O)(=O)C6(C)CC6)C[C@H]5/C=C\CC[C@H](C)C[C@@H](C)[C@H](NC(=O)OC(C)(C)C(F)(F)F)C(=O)N4C3)nc(-c3ccc(OC(C)C)c(F)c3)cc2c1. The number of rotatable bonds is 11. The monoisotopic (exact) mass is 973 g/mol. The van der Waals surface area contributed by atoms with Gasteiger partial charge in [0.25, 0.3) is 5.91 Å². The number of halogens is 4. The maximum atomic E-state index is 15.4. The number of methoxy groups -OCH3 is 1. The van der Waals surface area contributed by atoms with Gasteiger partial charge in [0.1, 0.15) is 29.5 Å². The highest BCUT2D eigenvalue weighted by atomic mass is 32.2. The van der Waals surface area contributed by atoms with Gasteiger partial charge in [-0.15, -0.1) is 0 Å². The summed E-state index contributed by atoms with van der Waals surface area (Å²) >= 11 is 0. The zero-order valence-corrected chi connectivity index (χ0v) is 40.1. The zero-order chi connectivity index (χ0) is 49.7. The van der Waals surface area contributed by atoms with Crippen molar-refractivity contribution >= 4 is 44.6 Å². The Balaban J connectivity index is 1.27. The molecule has 370 valence electrons. The van der Waals surface area contributed by atoms with E-state index in [1.165, 1.54) is 26.2 Å². The third-order valence-electron chi connectivity index (χ3n) is 13.4. The molecule has 0 spiro atoms. The molecular weight excluding hydrogens is 915 g/mol. The topological polar surface area (TPSA) is 192 Å². The highest BCUT2D eigenvalue weighted by Gasteiger charge is 2.63. The summed E-state index contributed by atoms with van der Waals surface area (Å²) in [6, 6.07) is 8.27. The van der Waals surface area contributed by atoms with Gasteiger partial charge in [0.05, 0.1) is 30.2 Å². The molecule has 3 heterocycles. The Kier molecular flexibility index (Phi) is 13.8. The van der Waals surface area contributed by atoms with Crippen molar-refractivity contribution in [2.45, 2.75) is 140 Å². The van der Waals surface area contributed by atoms with Gasteiger partial charge >= 0.3 is 12.3 Å². The number of alkyl carbamates (subject to hydrolysis) is 1. The van der Waals surface area contributed by atoms with Crippen LogP contribution in [0.5, 0.6) is 17.4 Å². The normalized spacial score (nSPS) is 26.9. The lowest BCUT2D eigenvalue weighted by Crippen LogP contribution is -2.59. The number of allylic oxidation sites excluding steroid dienone is 1. The molecule has 1 saturated heterocycles. The van der Waals surface area contributed by atoms with Crippen LogP contribution in [-0.2, 0) is 29.1 Å². The van der Waals surface area contributed by atoms with Crippen molar-refractivity contribution in [3.8, 4) is 28.6 Å². The molecule has 4 amide bonds. The van der Waals surface area contributed by atoms with Crippen LogP contribution < -0.4 is 29.6 Å². The highest BCUT2D eigenvalue weighted by molar-refractivity contribution is 7.91. The van der Waals surface area contributed by atoms with Crippen molar-refractivity contribution in [3.05, 3.63) is 60.4 Å². The average Bonchev–Trinajstić information content (AvgIpc) is 4.13. The van der Waals surface area contributed by atoms with E-state index in [2.05, 4.69) is 15.4 Å². The second kappa shape index (κ2) is 18.7. The van der Waals surface area contributed by atoms with Gasteiger partial charge in [-0.3, -0.25) is 19.1 Å². The van der Waals surface area contributed by atoms with Crippen LogP contribution in [0.3, 0.4) is 0 Å². The van der Waals surface area contributed by atoms with Crippen LogP contribution in [0.25, 0.3) is 22.0 Å². The molecule has 15 nitrogen and oxygen atoms in total. The quantitative estimate of drug-likeness (QED) is 0.127. The van der Waals surface area contributed by atoms with Crippen LogP contribution in [0.1, 0.15) is 93.4 Å². The molecule has 2 aromatic carbocycles. The molecular formula is C48H59F4N5O10S. The van der Waals surface area contributed by atoms with E-state index in [1.54, 1.807) is 57.2 Å². The van der Waals surface area contributed by atoms with E-state index in [0.717, 1.165) is 4.90 Å². The number of benzene rings is 2. The van der Waals surface area contributed by atoms with Gasteiger partial charge in [-0.05, 0) is 133 Å². The van der Waals surface area contributed by atoms with Gasteiger partial charge in [-0.2, -0.15) is 13.2 Å². The fourth-order valence-electron chi connectivity index (χ4n) is 8.78. The predicted molar refractivity (Wildman–Crippen MR) is 243 cm³/mol. The maximum absolute atomic E-state index is 15.4. The number of amides is 4. The summed E-state index contributed by atoms with van der Waals surface area (Å²) in [7, 11) is -2.64. The lowest BCUT2D eigenvalue weighted by atomic mass is 9.88. The van der Waals surface area contributed by atoms with Gasteiger partial charge in [0.2, 0.25) is 33.3 Å². The van der Waals surface area contributed by atoms with Crippen molar-refractivity contribution < 1.29 is 64.1 Å². The molecule has 2 aliphatic carbocycles. The molecule has 0 radical (unpaired) electrons. The van der Waals surface area contributed by atoms with Crippen LogP contribution in [0.4, 0.5) is 22.4 Å². The molecule has 2 aliphatic heterocycles. The number of alkyl halides is 3. The summed E-state index contributed by atoms with van der Waals surface area (Å²) in [6.07, 6.45) is -2.20. The predicted octanol–water partition coefficient (Wildman–Crippen LogP) is 7.51. The zero-order valence-electron chi connectivity index (χ0n) is 39.3. The van der Waals surface area contributed by atoms with Crippen LogP contribution in [0.2, 0.25) is 0 Å². The van der Waals surface area contributed by atoms with E-state index in [0.29, 0.717) is 73.7 Å². The summed E-state index contributed by atoms with van der Waals surface area (Å²) in [5.41, 5.74) is -3.98. The number of fused-ring (bicyclic) bond motifs is 3. The van der Waals surface area contributed by atoms with Crippen molar-refractivity contribution in [1.82, 2.24) is 25.2 Å². The molecule has 3 fully saturated rings. The molecule has 0 unspecified atom stereocenters. The van der Waals surface area contributed by atoms with E-state index >= 15 is 9.18 Å². The number of hydrogen-bond donors (Lipinski definition) is 3. The molecule has 0 bridgehead atoms. The second-order valence-electron chi connectivity index (χ2n) is 19.7. The van der Waals surface area contributed by atoms with E-state index in [1.807, 2.05) is 13.0 Å². The van der Waals surface area contributed by atoms with Gasteiger partial charge in [-0.1, -0.05) is 26.0 Å². The van der Waals surface area contributed by atoms with Gasteiger partial charge < -0.3 is 34.5 Å². The van der Waals surface area contributed by atoms with E-state index in [4.69, 9.17) is 23.9 Å². The number of hydrogen-bond acceptors (Lipinski definition) is 11. The molecule has 3 aromatic rings. The Hall–Kier alpha value is -5.66. The molecule has 1 aromatic heterocycles. The Morgan fingerprint density at radius 3 is 2.40 bits per heavy atom. The Labute approximate surface area is 393 Å². The smallest absolute Gasteiger partial charge is 0.427 e. The fourth-order valence-corrected chi connectivity index (χ4v) is 10.1. The van der Waals surface area contributed by atoms with Gasteiger partial charge in [0, 0.05) is 23.3 Å². The van der Waals surface area contributed by atoms with Gasteiger partial charge in [-0.25, -0.2) is 22.6 Å². The minimum atomic E-state index is -4.95. The largest absolute Gasteiger partial charge is 0.497 e. The van der Waals surface area contributed by atoms with Crippen LogP contribution in [0.15, 0.2) is 54.6 Å². The second-order valence-corrected chi connectivity index (χ2v) is 21.9. The summed E-state index contributed by atoms with van der Waals surface area (Å²) in [6.45, 7) is 9.68. The molecule has 3 N–H and O–H groups in total. The van der Waals surface area contributed by atoms with E-state index < -0.39 is 91.7 Å². The van der Waals surface area contributed by atoms with Crippen molar-refractivity contribution in [1.29, 1.82) is 0 Å². The number of nitrogens with one attached hydrogen (secondary N) is 3. The number of pyridine rings is 1. The summed E-state index contributed by atoms with van der Waals surface area (Å²) in [5.74, 6) is -4.04. The van der Waals surface area contributed by atoms with Crippen molar-refractivity contribution in [2.24, 2.45) is 17.8 Å². The fraction of sp³-hybridized carbons (Fsp3) is 0.562. The minimum absolute atomic E-state index is 0.0420. The first-order valence-electron chi connectivity index (χ1n) is 22.8. The summed E-state index contributed by atoms with van der Waals surface area (Å²) in [4.78, 5) is 63.2. The first-order chi connectivity index (χ1) is 31.8. The number of sulfonamides is 1. The van der Waals surface area contributed by atoms with Crippen LogP contribution in [-0.4, -0.2) is 102 Å². The van der Waals surface area contributed by atoms with Crippen molar-refractivity contribution in [3.63, 3.8) is 0 Å². The molecule has 7 atom stereocenters. The lowest BCUT2D eigenvalue weighted by molar-refractivity contribution is -0.244. The first kappa shape index (κ1) is 50.2. The number of ether oxygens (including phenoxy) is 4. The molecule has 20 heteroatoms. The van der Waals surface area contributed by atoms with Crippen molar-refractivity contribution in [2.75, 3.05) is 13.7 Å². The summed E-state index contributed by atoms with van der Waals surface area (Å²) < 4.78 is 107. The molecule has 4 aliphatic rings. The minimum Gasteiger partial charge on any atom is -0.497 e. The maximum Gasteiger partial charge on any atom is 0.427 e. The standard InChI is InChI=1S/C48H59F4N5O10S/c1-26(2)65-38-16-13-29(21-35(38)49)36-22-30-20-32(64-8)14-15-34(30)41(53-36)66-33-23-37-40(58)55-47(43(60)56-68(62,63)46(7)17-18-46)24-31(47)12-10-9-11-27(3)19-28(4)39(42(59)57(37)25-33)54-44(61)67-45(5,6)48(50,51)52/h10,12-16,20-22,26-28,31,33,37,39H,9,11,17-19,23-25H2,1-8H3,(H,54,61)(H,55,58)(H,56,60)/b12-10-/t27-,28+,31+,33+,37-,39-,47+/m0/s1. The molecule has 2 saturated carbocycles. The third-order valence-corrected chi connectivity index (χ3v) is 15.6. The number of nitrogens with zero attached hydrogens (tertiary/aromatic N) is 2. The lowest BCUT2D eigenvalue weighted by Gasteiger charge is -2.34. The van der Waals surface area contributed by atoms with Gasteiger partial charge in [0.15, 0.2) is 11.6 Å². The van der Waals surface area contributed by atoms with Crippen LogP contribution >= 0.6 is 0 Å². The van der Waals surface area contributed by atoms with Crippen LogP contribution in [0, 0.1) is 23.6 Å². The van der Waals surface area contributed by atoms with E-state index in [-0.39, 0.29) is 43.0 Å². The number of carbonyl (C=O) groups is 4. The Bertz CT molecular complexity index is 2600. The number of carbonyl (C=O) groups excluding carboxylic acids is 4. The first-order valence-corrected chi connectivity index (χ1v) is 24.3. The average molecular weight is 974 g/mol. The Morgan fingerprint density at radius 2 is 1.75 bits per heavy atom. The molecule has 7 rings (SSSR count). The Morgan fingerprint density at radius 1 is 1.03 bits per heavy atom. The number of aromatic nitrogens is 1. The molecule has 68 heavy (non-hydrogen) atoms.